The average Bonchev–Trinajstić information content (AvgIpc) is 3.01. The Morgan fingerprint density at radius 1 is 0.744 bits per heavy atom. The van der Waals surface area contributed by atoms with Gasteiger partial charge >= 0.3 is 11.9 Å². The molecule has 0 aliphatic carbocycles. The molecule has 250 valence electrons. The Bertz CT molecular complexity index is 769. The molecule has 1 heterocycles. The fraction of sp³-hybridized carbons (Fsp3) is 0.818. The van der Waals surface area contributed by atoms with Gasteiger partial charge in [0.05, 0.1) is 13.2 Å². The van der Waals surface area contributed by atoms with Crippen molar-refractivity contribution in [2.24, 2.45) is 0 Å². The molecule has 0 bridgehead atoms. The molecule has 1 saturated heterocycles. The first-order chi connectivity index (χ1) is 20.8. The van der Waals surface area contributed by atoms with E-state index in [1.54, 1.807) is 6.92 Å². The van der Waals surface area contributed by atoms with Gasteiger partial charge in [-0.15, -0.1) is 0 Å². The summed E-state index contributed by atoms with van der Waals surface area (Å²) in [4.78, 5) is 24.0. The largest absolute Gasteiger partial charge is 0.462 e. The number of aliphatic hydroxyl groups excluding tert-OH is 4. The lowest BCUT2D eigenvalue weighted by molar-refractivity contribution is -0.305. The predicted octanol–water partition coefficient (Wildman–Crippen LogP) is 4.65. The molecule has 10 heteroatoms. The molecule has 1 aliphatic rings. The Morgan fingerprint density at radius 2 is 1.35 bits per heavy atom. The van der Waals surface area contributed by atoms with Crippen molar-refractivity contribution in [1.29, 1.82) is 0 Å². The van der Waals surface area contributed by atoms with Crippen molar-refractivity contribution in [1.82, 2.24) is 0 Å². The Hall–Kier alpha value is -1.82. The van der Waals surface area contributed by atoms with E-state index in [4.69, 9.17) is 18.9 Å². The second-order valence-electron chi connectivity index (χ2n) is 11.2. The van der Waals surface area contributed by atoms with Crippen LogP contribution in [0.3, 0.4) is 0 Å². The van der Waals surface area contributed by atoms with Gasteiger partial charge in [-0.1, -0.05) is 89.5 Å². The number of carbonyl (C=O) groups is 2. The van der Waals surface area contributed by atoms with Gasteiger partial charge in [-0.25, -0.2) is 0 Å². The summed E-state index contributed by atoms with van der Waals surface area (Å²) < 4.78 is 21.4. The zero-order valence-corrected chi connectivity index (χ0v) is 26.4. The minimum atomic E-state index is -1.59. The van der Waals surface area contributed by atoms with Gasteiger partial charge in [-0.3, -0.25) is 9.59 Å². The van der Waals surface area contributed by atoms with Gasteiger partial charge in [0.15, 0.2) is 12.4 Å². The zero-order chi connectivity index (χ0) is 31.7. The number of unbranched alkanes of at least 4 members (excludes halogenated alkanes) is 11. The molecule has 0 saturated carbocycles. The van der Waals surface area contributed by atoms with Crippen molar-refractivity contribution in [3.8, 4) is 0 Å². The molecule has 0 spiro atoms. The molecule has 0 amide bonds. The van der Waals surface area contributed by atoms with Gasteiger partial charge in [0, 0.05) is 12.8 Å². The first-order valence-electron chi connectivity index (χ1n) is 16.4. The van der Waals surface area contributed by atoms with E-state index in [2.05, 4.69) is 31.2 Å². The molecule has 4 N–H and O–H groups in total. The van der Waals surface area contributed by atoms with Crippen molar-refractivity contribution in [2.45, 2.75) is 153 Å². The van der Waals surface area contributed by atoms with E-state index in [1.165, 1.54) is 51.4 Å². The van der Waals surface area contributed by atoms with E-state index < -0.39 is 55.4 Å². The maximum Gasteiger partial charge on any atom is 0.306 e. The highest BCUT2D eigenvalue weighted by atomic mass is 16.7. The Labute approximate surface area is 258 Å². The molecule has 10 nitrogen and oxygen atoms in total. The molecular formula is C33H58O10. The molecule has 1 fully saturated rings. The third-order valence-corrected chi connectivity index (χ3v) is 7.39. The molecule has 0 aromatic heterocycles. The molecule has 6 unspecified atom stereocenters. The SMILES string of the molecule is CCCCCC/C=C\C/C=C\CCCCCCCCCC(=O)OC(COC(=O)CC)COC1OC(CO)C(O)C(O)C1O. The number of hydrogen-bond acceptors (Lipinski definition) is 10. The number of rotatable bonds is 25. The second kappa shape index (κ2) is 25.5. The lowest BCUT2D eigenvalue weighted by atomic mass is 9.99. The molecule has 6 atom stereocenters. The van der Waals surface area contributed by atoms with Crippen molar-refractivity contribution >= 4 is 11.9 Å². The molecule has 0 radical (unpaired) electrons. The Kier molecular flexibility index (Phi) is 23.3. The average molecular weight is 615 g/mol. The maximum absolute atomic E-state index is 12.4. The van der Waals surface area contributed by atoms with Crippen LogP contribution < -0.4 is 0 Å². The third kappa shape index (κ3) is 18.6. The van der Waals surface area contributed by atoms with Crippen LogP contribution in [0, 0.1) is 0 Å². The molecule has 43 heavy (non-hydrogen) atoms. The number of aliphatic hydroxyl groups is 4. The number of hydrogen-bond donors (Lipinski definition) is 4. The van der Waals surface area contributed by atoms with Gasteiger partial charge in [0.1, 0.15) is 31.0 Å². The van der Waals surface area contributed by atoms with E-state index in [1.807, 2.05) is 0 Å². The van der Waals surface area contributed by atoms with E-state index in [9.17, 15) is 30.0 Å². The summed E-state index contributed by atoms with van der Waals surface area (Å²) in [5.41, 5.74) is 0. The summed E-state index contributed by atoms with van der Waals surface area (Å²) in [5, 5.41) is 39.3. The van der Waals surface area contributed by atoms with Crippen LogP contribution in [0.2, 0.25) is 0 Å². The Morgan fingerprint density at radius 3 is 1.95 bits per heavy atom. The van der Waals surface area contributed by atoms with Gasteiger partial charge < -0.3 is 39.4 Å². The molecule has 0 aromatic rings. The van der Waals surface area contributed by atoms with Crippen molar-refractivity contribution in [2.75, 3.05) is 19.8 Å². The van der Waals surface area contributed by atoms with Crippen LogP contribution in [0.15, 0.2) is 24.3 Å². The van der Waals surface area contributed by atoms with Crippen LogP contribution in [0.1, 0.15) is 117 Å². The molecule has 0 aromatic carbocycles. The van der Waals surface area contributed by atoms with Gasteiger partial charge in [0.25, 0.3) is 0 Å². The first kappa shape index (κ1) is 39.2. The topological polar surface area (TPSA) is 152 Å². The third-order valence-electron chi connectivity index (χ3n) is 7.39. The highest BCUT2D eigenvalue weighted by molar-refractivity contribution is 5.70. The molecule has 1 rings (SSSR count). The Balaban J connectivity index is 2.21. The fourth-order valence-electron chi connectivity index (χ4n) is 4.67. The van der Waals surface area contributed by atoms with Crippen LogP contribution in [0.25, 0.3) is 0 Å². The van der Waals surface area contributed by atoms with E-state index in [0.717, 1.165) is 32.1 Å². The van der Waals surface area contributed by atoms with E-state index >= 15 is 0 Å². The highest BCUT2D eigenvalue weighted by Gasteiger charge is 2.44. The number of carbonyl (C=O) groups excluding carboxylic acids is 2. The van der Waals surface area contributed by atoms with Gasteiger partial charge in [0.2, 0.25) is 0 Å². The lowest BCUT2D eigenvalue weighted by Crippen LogP contribution is -2.59. The smallest absolute Gasteiger partial charge is 0.306 e. The van der Waals surface area contributed by atoms with Crippen LogP contribution >= 0.6 is 0 Å². The van der Waals surface area contributed by atoms with Crippen molar-refractivity contribution < 1.29 is 49.0 Å². The quantitative estimate of drug-likeness (QED) is 0.0649. The summed E-state index contributed by atoms with van der Waals surface area (Å²) in [5.74, 6) is -0.918. The summed E-state index contributed by atoms with van der Waals surface area (Å²) in [6.07, 6.45) is 17.2. The van der Waals surface area contributed by atoms with Crippen LogP contribution in [-0.4, -0.2) is 89.0 Å². The fourth-order valence-corrected chi connectivity index (χ4v) is 4.67. The van der Waals surface area contributed by atoms with Crippen LogP contribution in [-0.2, 0) is 28.5 Å². The highest BCUT2D eigenvalue weighted by Crippen LogP contribution is 2.22. The summed E-state index contributed by atoms with van der Waals surface area (Å²) in [6.45, 7) is 2.77. The standard InChI is InChI=1S/C33H58O10/c1-3-5-6-7-8-9-10-11-12-13-14-15-16-17-18-19-20-21-22-29(36)42-26(24-40-28(35)4-2)25-41-33-32(39)31(38)30(37)27(23-34)43-33/h9-10,12-13,26-27,30-34,37-39H,3-8,11,14-25H2,1-2H3/b10-9-,13-12-. The zero-order valence-electron chi connectivity index (χ0n) is 26.4. The normalized spacial score (nSPS) is 23.2. The van der Waals surface area contributed by atoms with Crippen LogP contribution in [0.4, 0.5) is 0 Å². The molecular weight excluding hydrogens is 556 g/mol. The second-order valence-corrected chi connectivity index (χ2v) is 11.2. The van der Waals surface area contributed by atoms with E-state index in [-0.39, 0.29) is 26.1 Å². The van der Waals surface area contributed by atoms with Crippen molar-refractivity contribution in [3.05, 3.63) is 24.3 Å². The monoisotopic (exact) mass is 614 g/mol. The minimum absolute atomic E-state index is 0.155. The summed E-state index contributed by atoms with van der Waals surface area (Å²) in [7, 11) is 0. The first-order valence-corrected chi connectivity index (χ1v) is 16.4. The number of esters is 2. The summed E-state index contributed by atoms with van der Waals surface area (Å²) in [6, 6.07) is 0. The van der Waals surface area contributed by atoms with Gasteiger partial charge in [-0.2, -0.15) is 0 Å². The van der Waals surface area contributed by atoms with Gasteiger partial charge in [-0.05, 0) is 38.5 Å². The van der Waals surface area contributed by atoms with Crippen molar-refractivity contribution in [3.63, 3.8) is 0 Å². The van der Waals surface area contributed by atoms with Crippen LogP contribution in [0.5, 0.6) is 0 Å². The number of ether oxygens (including phenoxy) is 4. The summed E-state index contributed by atoms with van der Waals surface area (Å²) >= 11 is 0. The molecule has 1 aliphatic heterocycles. The minimum Gasteiger partial charge on any atom is -0.462 e. The van der Waals surface area contributed by atoms with E-state index in [0.29, 0.717) is 6.42 Å². The predicted molar refractivity (Wildman–Crippen MR) is 164 cm³/mol. The number of allylic oxidation sites excluding steroid dienone is 4. The maximum atomic E-state index is 12.4. The lowest BCUT2D eigenvalue weighted by Gasteiger charge is -2.39.